The summed E-state index contributed by atoms with van der Waals surface area (Å²) in [6, 6.07) is 27.6. The molecule has 0 radical (unpaired) electrons. The number of aromatic nitrogens is 1. The first-order valence-corrected chi connectivity index (χ1v) is 6.97. The maximum Gasteiger partial charge on any atom is 0.288 e. The van der Waals surface area contributed by atoms with E-state index >= 15 is 0 Å². The van der Waals surface area contributed by atoms with E-state index in [1.54, 1.807) is 0 Å². The lowest BCUT2D eigenvalue weighted by molar-refractivity contribution is -0.679. The third-order valence-corrected chi connectivity index (χ3v) is 3.57. The Labute approximate surface area is 120 Å². The molecule has 0 saturated carbocycles. The number of hydrogen-bond acceptors (Lipinski definition) is 0. The zero-order valence-corrected chi connectivity index (χ0v) is 11.4. The molecule has 3 rings (SSSR count). The summed E-state index contributed by atoms with van der Waals surface area (Å²) in [4.78, 5) is 0. The highest BCUT2D eigenvalue weighted by atomic mass is 14.9. The molecule has 0 atom stereocenters. The largest absolute Gasteiger partial charge is 0.288 e. The van der Waals surface area contributed by atoms with E-state index in [-0.39, 0.29) is 0 Å². The van der Waals surface area contributed by atoms with E-state index in [1.807, 2.05) is 0 Å². The molecule has 0 aliphatic heterocycles. The van der Waals surface area contributed by atoms with Gasteiger partial charge in [0.1, 0.15) is 6.44 Å². The van der Waals surface area contributed by atoms with Crippen LogP contribution < -0.4 is 15.5 Å². The van der Waals surface area contributed by atoms with E-state index in [0.29, 0.717) is 6.71 Å². The van der Waals surface area contributed by atoms with E-state index < -0.39 is 0 Å². The first-order chi connectivity index (χ1) is 9.93. The average molecular weight is 258 g/mol. The van der Waals surface area contributed by atoms with Crippen LogP contribution >= 0.6 is 0 Å². The second kappa shape index (κ2) is 6.20. The molecule has 0 fully saturated rings. The first kappa shape index (κ1) is 12.7. The highest BCUT2D eigenvalue weighted by Gasteiger charge is 2.23. The molecule has 2 aromatic carbocycles. The van der Waals surface area contributed by atoms with Crippen LogP contribution in [0.4, 0.5) is 0 Å². The SMILES string of the molecule is c1ccc(B(C[n+]2ccccc2)c2ccccc2)cc1. The Morgan fingerprint density at radius 3 is 1.55 bits per heavy atom. The molecule has 0 unspecified atom stereocenters. The van der Waals surface area contributed by atoms with Crippen LogP contribution in [0.15, 0.2) is 91.3 Å². The van der Waals surface area contributed by atoms with Crippen molar-refractivity contribution in [2.45, 2.75) is 6.44 Å². The van der Waals surface area contributed by atoms with E-state index in [0.717, 1.165) is 6.44 Å². The molecule has 0 aliphatic carbocycles. The molecule has 3 aromatic rings. The lowest BCUT2D eigenvalue weighted by Gasteiger charge is -2.11. The van der Waals surface area contributed by atoms with E-state index in [2.05, 4.69) is 95.8 Å². The van der Waals surface area contributed by atoms with Crippen LogP contribution in [0.2, 0.25) is 0 Å². The van der Waals surface area contributed by atoms with Gasteiger partial charge in [-0.15, -0.1) is 0 Å². The Balaban J connectivity index is 1.96. The summed E-state index contributed by atoms with van der Waals surface area (Å²) in [5.74, 6) is 0. The zero-order chi connectivity index (χ0) is 13.6. The summed E-state index contributed by atoms with van der Waals surface area (Å²) in [6.45, 7) is 0.379. The minimum atomic E-state index is 0.379. The van der Waals surface area contributed by atoms with Gasteiger partial charge in [0.15, 0.2) is 12.4 Å². The number of pyridine rings is 1. The first-order valence-electron chi connectivity index (χ1n) is 6.97. The molecule has 0 bridgehead atoms. The highest BCUT2D eigenvalue weighted by molar-refractivity contribution is 6.83. The number of nitrogens with zero attached hydrogens (tertiary/aromatic N) is 1. The topological polar surface area (TPSA) is 3.88 Å². The normalized spacial score (nSPS) is 10.2. The quantitative estimate of drug-likeness (QED) is 0.496. The van der Waals surface area contributed by atoms with Gasteiger partial charge in [-0.3, -0.25) is 0 Å². The van der Waals surface area contributed by atoms with Gasteiger partial charge in [0.2, 0.25) is 0 Å². The molecular weight excluding hydrogens is 241 g/mol. The smallest absolute Gasteiger partial charge is 0.212 e. The molecular formula is C18H17BN+. The van der Waals surface area contributed by atoms with E-state index in [4.69, 9.17) is 0 Å². The average Bonchev–Trinajstić information content (AvgIpc) is 2.55. The lowest BCUT2D eigenvalue weighted by Crippen LogP contribution is -2.53. The number of hydrogen-bond donors (Lipinski definition) is 0. The molecule has 0 saturated heterocycles. The van der Waals surface area contributed by atoms with Crippen LogP contribution in [0, 0.1) is 0 Å². The van der Waals surface area contributed by atoms with Crippen molar-refractivity contribution in [2.75, 3.05) is 0 Å². The molecule has 0 N–H and O–H groups in total. The molecule has 2 heteroatoms. The second-order valence-corrected chi connectivity index (χ2v) is 4.95. The van der Waals surface area contributed by atoms with Gasteiger partial charge in [-0.2, -0.15) is 0 Å². The molecule has 1 aromatic heterocycles. The number of rotatable bonds is 4. The van der Waals surface area contributed by atoms with Crippen LogP contribution in [-0.2, 0) is 6.44 Å². The van der Waals surface area contributed by atoms with Crippen molar-refractivity contribution < 1.29 is 4.57 Å². The molecule has 1 nitrogen and oxygen atoms in total. The van der Waals surface area contributed by atoms with Crippen molar-refractivity contribution in [3.05, 3.63) is 91.3 Å². The summed E-state index contributed by atoms with van der Waals surface area (Å²) in [7, 11) is 0. The van der Waals surface area contributed by atoms with Crippen LogP contribution in [0.1, 0.15) is 0 Å². The lowest BCUT2D eigenvalue weighted by atomic mass is 9.40. The fourth-order valence-corrected chi connectivity index (χ4v) is 2.54. The molecule has 96 valence electrons. The predicted molar refractivity (Wildman–Crippen MR) is 84.5 cm³/mol. The van der Waals surface area contributed by atoms with Gasteiger partial charge in [0, 0.05) is 12.1 Å². The molecule has 20 heavy (non-hydrogen) atoms. The van der Waals surface area contributed by atoms with E-state index in [9.17, 15) is 0 Å². The minimum absolute atomic E-state index is 0.379. The highest BCUT2D eigenvalue weighted by Crippen LogP contribution is 1.93. The predicted octanol–water partition coefficient (Wildman–Crippen LogP) is 1.82. The maximum absolute atomic E-state index is 2.24. The molecule has 0 amide bonds. The van der Waals surface area contributed by atoms with Gasteiger partial charge in [-0.05, 0) is 0 Å². The monoisotopic (exact) mass is 258 g/mol. The Morgan fingerprint density at radius 2 is 1.05 bits per heavy atom. The fraction of sp³-hybridized carbons (Fsp3) is 0.0556. The van der Waals surface area contributed by atoms with Gasteiger partial charge in [0.25, 0.3) is 6.71 Å². The Kier molecular flexibility index (Phi) is 3.93. The second-order valence-electron chi connectivity index (χ2n) is 4.95. The maximum atomic E-state index is 2.24. The summed E-state index contributed by atoms with van der Waals surface area (Å²) in [6.07, 6.45) is 5.20. The van der Waals surface area contributed by atoms with E-state index in [1.165, 1.54) is 10.9 Å². The third kappa shape index (κ3) is 2.97. The van der Waals surface area contributed by atoms with Crippen LogP contribution in [0.5, 0.6) is 0 Å². The van der Waals surface area contributed by atoms with Crippen LogP contribution in [0.3, 0.4) is 0 Å². The van der Waals surface area contributed by atoms with Crippen LogP contribution in [0.25, 0.3) is 0 Å². The van der Waals surface area contributed by atoms with Crippen molar-refractivity contribution >= 4 is 17.6 Å². The fourth-order valence-electron chi connectivity index (χ4n) is 2.54. The Hall–Kier alpha value is -2.35. The van der Waals surface area contributed by atoms with Gasteiger partial charge in [0.05, 0.1) is 0 Å². The van der Waals surface area contributed by atoms with Crippen LogP contribution in [-0.4, -0.2) is 6.71 Å². The van der Waals surface area contributed by atoms with Crippen molar-refractivity contribution in [3.63, 3.8) is 0 Å². The standard InChI is InChI=1S/C18H17BN/c1-4-10-17(11-5-1)19(18-12-6-2-7-13-18)16-20-14-8-3-9-15-20/h1-15H,16H2/q+1. The minimum Gasteiger partial charge on any atom is -0.212 e. The van der Waals surface area contributed by atoms with Gasteiger partial charge in [-0.1, -0.05) is 77.7 Å². The van der Waals surface area contributed by atoms with Crippen molar-refractivity contribution in [2.24, 2.45) is 0 Å². The molecule has 0 aliphatic rings. The Morgan fingerprint density at radius 1 is 0.600 bits per heavy atom. The summed E-state index contributed by atoms with van der Waals surface area (Å²) >= 11 is 0. The third-order valence-electron chi connectivity index (χ3n) is 3.57. The molecule has 1 heterocycles. The number of benzene rings is 2. The van der Waals surface area contributed by atoms with Crippen molar-refractivity contribution in [1.82, 2.24) is 0 Å². The zero-order valence-electron chi connectivity index (χ0n) is 11.4. The Bertz CT molecular complexity index is 599. The summed E-state index contributed by atoms with van der Waals surface area (Å²) in [5, 5.41) is 0. The summed E-state index contributed by atoms with van der Waals surface area (Å²) in [5.41, 5.74) is 2.71. The summed E-state index contributed by atoms with van der Waals surface area (Å²) < 4.78 is 2.24. The molecule has 0 spiro atoms. The van der Waals surface area contributed by atoms with Crippen molar-refractivity contribution in [1.29, 1.82) is 0 Å². The van der Waals surface area contributed by atoms with Gasteiger partial charge < -0.3 is 0 Å². The van der Waals surface area contributed by atoms with Crippen molar-refractivity contribution in [3.8, 4) is 0 Å². The van der Waals surface area contributed by atoms with Gasteiger partial charge >= 0.3 is 0 Å². The van der Waals surface area contributed by atoms with Gasteiger partial charge in [-0.25, -0.2) is 4.57 Å².